The second-order valence-corrected chi connectivity index (χ2v) is 8.85. The Morgan fingerprint density at radius 2 is 1.89 bits per heavy atom. The fraction of sp³-hybridized carbons (Fsp3) is 0.667. The molecule has 1 N–H and O–H groups in total. The maximum Gasteiger partial charge on any atom is 0.410 e. The van der Waals surface area contributed by atoms with Gasteiger partial charge in [-0.05, 0) is 64.0 Å². The van der Waals surface area contributed by atoms with Gasteiger partial charge in [-0.1, -0.05) is 0 Å². The third-order valence-corrected chi connectivity index (χ3v) is 5.63. The van der Waals surface area contributed by atoms with Gasteiger partial charge >= 0.3 is 6.09 Å². The number of amides is 1. The second kappa shape index (κ2) is 7.70. The number of H-pyrrole nitrogens is 1. The van der Waals surface area contributed by atoms with Crippen LogP contribution in [0.5, 0.6) is 0 Å². The number of rotatable bonds is 2. The molecule has 2 fully saturated rings. The van der Waals surface area contributed by atoms with Crippen molar-refractivity contribution in [2.45, 2.75) is 63.9 Å². The van der Waals surface area contributed by atoms with Crippen molar-refractivity contribution in [1.29, 1.82) is 0 Å². The summed E-state index contributed by atoms with van der Waals surface area (Å²) in [6.45, 7) is 8.72. The third kappa shape index (κ3) is 4.14. The topological polar surface area (TPSA) is 80.3 Å². The van der Waals surface area contributed by atoms with E-state index in [-0.39, 0.29) is 6.09 Å². The molecule has 0 bridgehead atoms. The van der Waals surface area contributed by atoms with Gasteiger partial charge in [0, 0.05) is 38.4 Å². The van der Waals surface area contributed by atoms with Crippen LogP contribution in [0, 0.1) is 0 Å². The highest BCUT2D eigenvalue weighted by molar-refractivity contribution is 5.75. The zero-order valence-corrected chi connectivity index (χ0v) is 17.0. The van der Waals surface area contributed by atoms with Gasteiger partial charge in [0.2, 0.25) is 0 Å². The fourth-order valence-corrected chi connectivity index (χ4v) is 4.14. The Morgan fingerprint density at radius 3 is 2.57 bits per heavy atom. The molecule has 28 heavy (non-hydrogen) atoms. The van der Waals surface area contributed by atoms with Gasteiger partial charge in [0.05, 0.1) is 0 Å². The number of nitrogens with one attached hydrogen (secondary N) is 1. The number of hydrogen-bond donors (Lipinski definition) is 1. The second-order valence-electron chi connectivity index (χ2n) is 8.85. The average Bonchev–Trinajstić information content (AvgIpc) is 3.12. The molecule has 2 aliphatic heterocycles. The summed E-state index contributed by atoms with van der Waals surface area (Å²) in [5.41, 5.74) is 2.64. The van der Waals surface area contributed by atoms with Crippen LogP contribution in [0.25, 0.3) is 11.2 Å². The molecule has 152 valence electrons. The molecule has 0 radical (unpaired) electrons. The van der Waals surface area contributed by atoms with E-state index >= 15 is 0 Å². The van der Waals surface area contributed by atoms with E-state index in [1.54, 1.807) is 0 Å². The van der Waals surface area contributed by atoms with Crippen LogP contribution in [-0.2, 0) is 9.47 Å². The zero-order valence-electron chi connectivity index (χ0n) is 17.0. The van der Waals surface area contributed by atoms with E-state index in [1.165, 1.54) is 5.56 Å². The lowest BCUT2D eigenvalue weighted by Crippen LogP contribution is -2.41. The van der Waals surface area contributed by atoms with Crippen molar-refractivity contribution in [3.8, 4) is 0 Å². The molecule has 2 aromatic rings. The highest BCUT2D eigenvalue weighted by atomic mass is 16.6. The minimum Gasteiger partial charge on any atom is -0.444 e. The molecule has 2 aromatic heterocycles. The maximum atomic E-state index is 12.3. The summed E-state index contributed by atoms with van der Waals surface area (Å²) in [5.74, 6) is 1.84. The number of aromatic nitrogens is 3. The van der Waals surface area contributed by atoms with Gasteiger partial charge in [0.15, 0.2) is 5.65 Å². The first-order valence-electron chi connectivity index (χ1n) is 10.3. The van der Waals surface area contributed by atoms with Crippen molar-refractivity contribution in [2.24, 2.45) is 0 Å². The van der Waals surface area contributed by atoms with Crippen LogP contribution in [0.3, 0.4) is 0 Å². The van der Waals surface area contributed by atoms with Crippen molar-refractivity contribution in [1.82, 2.24) is 19.9 Å². The lowest BCUT2D eigenvalue weighted by molar-refractivity contribution is 0.0205. The molecule has 7 heteroatoms. The van der Waals surface area contributed by atoms with Crippen LogP contribution >= 0.6 is 0 Å². The summed E-state index contributed by atoms with van der Waals surface area (Å²) in [5, 5.41) is 0. The number of carbonyl (C=O) groups is 1. The van der Waals surface area contributed by atoms with E-state index in [0.29, 0.717) is 24.9 Å². The Bertz CT molecular complexity index is 828. The molecule has 7 nitrogen and oxygen atoms in total. The van der Waals surface area contributed by atoms with Crippen LogP contribution in [0.15, 0.2) is 12.3 Å². The molecule has 0 atom stereocenters. The smallest absolute Gasteiger partial charge is 0.410 e. The number of hydrogen-bond acceptors (Lipinski definition) is 5. The summed E-state index contributed by atoms with van der Waals surface area (Å²) in [4.78, 5) is 27.0. The SMILES string of the molecule is CC(C)(C)OC(=O)N1CCC(c2ccnc3[nH]c(C4CCOCC4)nc23)CC1. The van der Waals surface area contributed by atoms with Gasteiger partial charge in [-0.3, -0.25) is 0 Å². The van der Waals surface area contributed by atoms with E-state index in [4.69, 9.17) is 14.5 Å². The largest absolute Gasteiger partial charge is 0.444 e. The molecule has 0 saturated carbocycles. The standard InChI is InChI=1S/C21H30N4O3/c1-21(2,3)28-20(26)25-10-5-14(6-11-25)16-4-9-22-19-17(16)23-18(24-19)15-7-12-27-13-8-15/h4,9,14-15H,5-8,10-13H2,1-3H3,(H,22,23,24). The van der Waals surface area contributed by atoms with Crippen molar-refractivity contribution in [2.75, 3.05) is 26.3 Å². The third-order valence-electron chi connectivity index (χ3n) is 5.63. The number of pyridine rings is 1. The highest BCUT2D eigenvalue weighted by Crippen LogP contribution is 2.34. The van der Waals surface area contributed by atoms with E-state index in [9.17, 15) is 4.79 Å². The Hall–Kier alpha value is -2.15. The lowest BCUT2D eigenvalue weighted by Gasteiger charge is -2.33. The number of ether oxygens (including phenoxy) is 2. The predicted molar refractivity (Wildman–Crippen MR) is 106 cm³/mol. The van der Waals surface area contributed by atoms with E-state index in [2.05, 4.69) is 16.0 Å². The van der Waals surface area contributed by atoms with Crippen LogP contribution in [0.4, 0.5) is 4.79 Å². The molecule has 0 aromatic carbocycles. The quantitative estimate of drug-likeness (QED) is 0.845. The molecule has 2 aliphatic rings. The Morgan fingerprint density at radius 1 is 1.18 bits per heavy atom. The van der Waals surface area contributed by atoms with Crippen LogP contribution in [0.1, 0.15) is 69.7 Å². The van der Waals surface area contributed by atoms with Crippen molar-refractivity contribution >= 4 is 17.3 Å². The summed E-state index contributed by atoms with van der Waals surface area (Å²) < 4.78 is 11.0. The Kier molecular flexibility index (Phi) is 5.27. The number of fused-ring (bicyclic) bond motifs is 1. The molecular formula is C21H30N4O3. The molecule has 0 aliphatic carbocycles. The van der Waals surface area contributed by atoms with E-state index < -0.39 is 5.60 Å². The predicted octanol–water partition coefficient (Wildman–Crippen LogP) is 3.97. The first-order valence-corrected chi connectivity index (χ1v) is 10.3. The van der Waals surface area contributed by atoms with Crippen LogP contribution in [0.2, 0.25) is 0 Å². The number of aromatic amines is 1. The first-order chi connectivity index (χ1) is 13.4. The molecule has 4 heterocycles. The van der Waals surface area contributed by atoms with Gasteiger partial charge in [0.1, 0.15) is 16.9 Å². The van der Waals surface area contributed by atoms with Crippen LogP contribution in [-0.4, -0.2) is 57.8 Å². The minimum absolute atomic E-state index is 0.215. The lowest BCUT2D eigenvalue weighted by atomic mass is 9.89. The molecular weight excluding hydrogens is 356 g/mol. The van der Waals surface area contributed by atoms with E-state index in [1.807, 2.05) is 31.9 Å². The molecule has 4 rings (SSSR count). The first kappa shape index (κ1) is 19.2. The van der Waals surface area contributed by atoms with Crippen molar-refractivity contribution in [3.05, 3.63) is 23.7 Å². The number of piperidine rings is 1. The van der Waals surface area contributed by atoms with Gasteiger partial charge in [-0.15, -0.1) is 0 Å². The van der Waals surface area contributed by atoms with Crippen LogP contribution < -0.4 is 0 Å². The molecule has 1 amide bonds. The summed E-state index contributed by atoms with van der Waals surface area (Å²) >= 11 is 0. The van der Waals surface area contributed by atoms with Crippen molar-refractivity contribution in [3.63, 3.8) is 0 Å². The fourth-order valence-electron chi connectivity index (χ4n) is 4.14. The maximum absolute atomic E-state index is 12.3. The normalized spacial score (nSPS) is 19.9. The summed E-state index contributed by atoms with van der Waals surface area (Å²) in [6.07, 6.45) is 5.49. The molecule has 2 saturated heterocycles. The summed E-state index contributed by atoms with van der Waals surface area (Å²) in [6, 6.07) is 2.09. The highest BCUT2D eigenvalue weighted by Gasteiger charge is 2.29. The number of carbonyl (C=O) groups excluding carboxylic acids is 1. The van der Waals surface area contributed by atoms with E-state index in [0.717, 1.165) is 55.9 Å². The molecule has 0 unspecified atom stereocenters. The minimum atomic E-state index is -0.458. The van der Waals surface area contributed by atoms with Gasteiger partial charge in [0.25, 0.3) is 0 Å². The monoisotopic (exact) mass is 386 g/mol. The average molecular weight is 386 g/mol. The number of imidazole rings is 1. The van der Waals surface area contributed by atoms with Crippen molar-refractivity contribution < 1.29 is 14.3 Å². The Balaban J connectivity index is 1.47. The number of likely N-dealkylation sites (tertiary alicyclic amines) is 1. The molecule has 0 spiro atoms. The van der Waals surface area contributed by atoms with Gasteiger partial charge in [-0.25, -0.2) is 14.8 Å². The van der Waals surface area contributed by atoms with Gasteiger partial charge in [-0.2, -0.15) is 0 Å². The summed E-state index contributed by atoms with van der Waals surface area (Å²) in [7, 11) is 0. The number of nitrogens with zero attached hydrogens (tertiary/aromatic N) is 3. The zero-order chi connectivity index (χ0) is 19.7. The Labute approximate surface area is 165 Å². The van der Waals surface area contributed by atoms with Gasteiger partial charge < -0.3 is 19.4 Å².